The summed E-state index contributed by atoms with van der Waals surface area (Å²) in [4.78, 5) is 21.9. The van der Waals surface area contributed by atoms with Crippen molar-refractivity contribution in [2.45, 2.75) is 276 Å². The van der Waals surface area contributed by atoms with Crippen LogP contribution in [0.1, 0.15) is 302 Å². The fourth-order valence-corrected chi connectivity index (χ4v) is 14.0. The van der Waals surface area contributed by atoms with E-state index in [0.29, 0.717) is 132 Å². The monoisotopic (exact) mass is 1810 g/mol. The quantitative estimate of drug-likeness (QED) is 0.0506. The summed E-state index contributed by atoms with van der Waals surface area (Å²) in [5.74, 6) is -1.59. The van der Waals surface area contributed by atoms with E-state index in [9.17, 15) is 55.5 Å². The van der Waals surface area contributed by atoms with Gasteiger partial charge >= 0.3 is 0 Å². The number of rotatable bonds is 12. The summed E-state index contributed by atoms with van der Waals surface area (Å²) >= 11 is 0. The Morgan fingerprint density at radius 3 is 1.33 bits per heavy atom. The van der Waals surface area contributed by atoms with E-state index in [1.54, 1.807) is 37.3 Å². The van der Waals surface area contributed by atoms with Crippen LogP contribution < -0.4 is 0 Å². The van der Waals surface area contributed by atoms with Crippen LogP contribution in [0.5, 0.6) is 0 Å². The number of fused-ring (bicyclic) bond motifs is 2. The fraction of sp³-hybridized carbons (Fsp3) is 0.456. The van der Waals surface area contributed by atoms with E-state index >= 15 is 0 Å². The Morgan fingerprint density at radius 2 is 0.795 bits per heavy atom. The van der Waals surface area contributed by atoms with Gasteiger partial charge in [-0.15, -0.1) is 0 Å². The van der Waals surface area contributed by atoms with Gasteiger partial charge in [0.15, 0.2) is 30.9 Å². The topological polar surface area (TPSA) is 314 Å². The number of hydrogen-bond acceptors (Lipinski definition) is 18. The molecule has 0 saturated heterocycles. The Hall–Kier alpha value is -9.10. The first-order valence-corrected chi connectivity index (χ1v) is 45.9. The zero-order valence-corrected chi connectivity index (χ0v) is 83.5. The Bertz CT molecular complexity index is 5500. The van der Waals surface area contributed by atoms with Crippen LogP contribution in [0.3, 0.4) is 0 Å². The summed E-state index contributed by atoms with van der Waals surface area (Å²) in [5.41, 5.74) is 16.0. The van der Waals surface area contributed by atoms with E-state index in [4.69, 9.17) is 34.3 Å². The van der Waals surface area contributed by atoms with Crippen LogP contribution in [0.25, 0.3) is 64.6 Å². The van der Waals surface area contributed by atoms with Crippen molar-refractivity contribution >= 4 is 77.2 Å². The molecule has 0 saturated carbocycles. The van der Waals surface area contributed by atoms with Gasteiger partial charge < -0.3 is 80.2 Å². The molecule has 12 aromatic rings. The highest BCUT2D eigenvalue weighted by Crippen LogP contribution is 2.39. The molecule has 12 aromatic carbocycles. The number of carbonyl (C=O) groups is 2. The van der Waals surface area contributed by atoms with Crippen molar-refractivity contribution in [1.29, 1.82) is 0 Å². The predicted octanol–water partition coefficient (Wildman–Crippen LogP) is 23.4. The Kier molecular flexibility index (Phi) is 44.8. The second-order valence-corrected chi connectivity index (χ2v) is 43.3. The molecule has 0 spiro atoms. The van der Waals surface area contributed by atoms with E-state index < -0.39 is 24.7 Å². The van der Waals surface area contributed by atoms with Crippen molar-refractivity contribution in [1.82, 2.24) is 0 Å². The maximum Gasteiger partial charge on any atom is 0.189 e. The summed E-state index contributed by atoms with van der Waals surface area (Å²) in [5, 5.41) is 131. The van der Waals surface area contributed by atoms with Gasteiger partial charge in [-0.05, 0) is 203 Å². The fourth-order valence-electron chi connectivity index (χ4n) is 14.0. The molecule has 0 aliphatic carbocycles. The second-order valence-electron chi connectivity index (χ2n) is 43.3. The number of hydrogen-bond donors (Lipinski definition) is 12. The number of aldehydes is 2. The first-order chi connectivity index (χ1) is 61.6. The third kappa shape index (κ3) is 38.0. The molecule has 4 atom stereocenters. The molecule has 4 unspecified atom stereocenters. The number of carbonyl (C=O) groups excluding carboxylic acids is 2. The molecule has 8 aliphatic heterocycles. The van der Waals surface area contributed by atoms with Crippen molar-refractivity contribution in [2.75, 3.05) is 33.0 Å². The smallest absolute Gasteiger partial charge is 0.189 e. The number of ether oxygens (including phenoxy) is 4. The molecule has 12 N–H and O–H groups in total. The molecule has 8 aliphatic rings. The summed E-state index contributed by atoms with van der Waals surface area (Å²) in [6.07, 6.45) is 0.851. The lowest BCUT2D eigenvalue weighted by Gasteiger charge is -2.28. The van der Waals surface area contributed by atoms with Gasteiger partial charge in [0.1, 0.15) is 6.29 Å². The average Bonchev–Trinajstić information content (AvgIpc) is 0.777. The van der Waals surface area contributed by atoms with Crippen LogP contribution >= 0.6 is 0 Å². The van der Waals surface area contributed by atoms with E-state index in [0.717, 1.165) is 116 Å². The minimum absolute atomic E-state index is 0.0863. The highest BCUT2D eigenvalue weighted by Gasteiger charge is 2.30. The van der Waals surface area contributed by atoms with Crippen molar-refractivity contribution < 1.29 is 89.8 Å². The highest BCUT2D eigenvalue weighted by atomic mass is 16.6. The average molecular weight is 1810 g/mol. The maximum atomic E-state index is 11.2. The Balaban J connectivity index is 0.000000290. The Labute approximate surface area is 786 Å². The third-order valence-electron chi connectivity index (χ3n) is 19.3. The summed E-state index contributed by atoms with van der Waals surface area (Å²) in [6, 6.07) is 56.6. The molecular formula is C114H156O18. The SMILES string of the molecule is CC(C)(C)C.CC(C)(C)C.CC(C)(C)C.CC(C)(C)C.CC(C)(C)C.CC(C)(C)C.CC1(O)OCCc2ccc3c(cccc3c2)C(O)OCCc2c(CO)ccc3c(CO)c1ccc23.O=Cc1c(CO)ccc2cc(CCO)ccc12.O=Cc1ccc2c(CCO)cccc2c1CO.OCc1ccc2cc3ccc2c1C(O)OCc1cccc2c(CO)c(ccc12)C(O)OCC3. The lowest BCUT2D eigenvalue weighted by atomic mass is 9.90. The van der Waals surface area contributed by atoms with E-state index in [-0.39, 0.29) is 72.7 Å². The number of aliphatic hydroxyl groups is 12. The molecule has 0 radical (unpaired) electrons. The predicted molar refractivity (Wildman–Crippen MR) is 541 cm³/mol. The van der Waals surface area contributed by atoms with Gasteiger partial charge in [0.05, 0.1) is 66.1 Å². The number of benzene rings is 12. The lowest BCUT2D eigenvalue weighted by Crippen LogP contribution is -2.28. The molecule has 720 valence electrons. The van der Waals surface area contributed by atoms with Crippen LogP contribution in [0.15, 0.2) is 182 Å². The van der Waals surface area contributed by atoms with Crippen molar-refractivity contribution in [3.05, 3.63) is 282 Å². The molecule has 20 rings (SSSR count). The van der Waals surface area contributed by atoms with Crippen LogP contribution in [0.2, 0.25) is 0 Å². The van der Waals surface area contributed by atoms with E-state index in [1.165, 1.54) is 0 Å². The van der Waals surface area contributed by atoms with Gasteiger partial charge in [-0.25, -0.2) is 0 Å². The van der Waals surface area contributed by atoms with Gasteiger partial charge in [-0.1, -0.05) is 348 Å². The van der Waals surface area contributed by atoms with Gasteiger partial charge in [-0.2, -0.15) is 0 Å². The molecule has 18 nitrogen and oxygen atoms in total. The van der Waals surface area contributed by atoms with Gasteiger partial charge in [0, 0.05) is 46.6 Å². The highest BCUT2D eigenvalue weighted by molar-refractivity contribution is 6.00. The minimum atomic E-state index is -1.59. The van der Waals surface area contributed by atoms with Crippen molar-refractivity contribution in [3.63, 3.8) is 0 Å². The van der Waals surface area contributed by atoms with Crippen LogP contribution in [-0.2, 0) is 103 Å². The first-order valence-electron chi connectivity index (χ1n) is 45.9. The maximum absolute atomic E-state index is 11.2. The van der Waals surface area contributed by atoms with Gasteiger partial charge in [-0.3, -0.25) is 9.59 Å². The van der Waals surface area contributed by atoms with Gasteiger partial charge in [0.25, 0.3) is 0 Å². The lowest BCUT2D eigenvalue weighted by molar-refractivity contribution is -0.198. The van der Waals surface area contributed by atoms with E-state index in [2.05, 4.69) is 172 Å². The van der Waals surface area contributed by atoms with Gasteiger partial charge in [0.2, 0.25) is 0 Å². The first kappa shape index (κ1) is 113. The molecular weight excluding hydrogens is 1660 g/mol. The zero-order chi connectivity index (χ0) is 99.0. The summed E-state index contributed by atoms with van der Waals surface area (Å²) in [6.45, 7) is 54.1. The summed E-state index contributed by atoms with van der Waals surface area (Å²) < 4.78 is 23.4. The molecule has 8 heterocycles. The second kappa shape index (κ2) is 52.1. The largest absolute Gasteiger partial charge is 0.396 e. The summed E-state index contributed by atoms with van der Waals surface area (Å²) in [7, 11) is 0. The molecule has 0 fully saturated rings. The van der Waals surface area contributed by atoms with Crippen LogP contribution in [-0.4, -0.2) is 107 Å². The number of aliphatic hydroxyl groups excluding tert-OH is 11. The third-order valence-corrected chi connectivity index (χ3v) is 19.3. The Morgan fingerprint density at radius 1 is 0.348 bits per heavy atom. The zero-order valence-electron chi connectivity index (χ0n) is 83.5. The van der Waals surface area contributed by atoms with Crippen LogP contribution in [0, 0.1) is 32.5 Å². The normalized spacial score (nSPS) is 15.9. The standard InChI is InChI=1S/C29H30O6.C27H26O6.2C14H14O3.6C5H12/c1-29(33)27-10-9-23-22(20(16-30)6-8-24(23)26(27)17-31)12-13-34-28(32)25-4-2-3-19-15-18(11-14-35-29)5-7-21(19)25;28-13-18-6-5-17-12-16-4-7-21(17)25(18)27(31)33-15-19-2-1-3-22-20(19)8-9-23(24(22)14-29)26(30)32-11-10-16;15-6-5-10-1-4-13-11(7-10)2-3-12(8-16)14(13)9-17;15-7-6-10-2-1-3-13-12(10)5-4-11(8-16)14(13)9-17;6*1-5(2,3)4/h2-10,15,28,30-33H,11-14,16-17H2,1H3;1-9,12,26-31H,10-11,13-15H2;1-4,7,9,15-16H,5-6,8H2;1-5,8,15,17H,6-7,9H2;6*1-4H3. The molecule has 0 aromatic heterocycles. The molecule has 16 bridgehead atoms. The molecule has 132 heavy (non-hydrogen) atoms. The van der Waals surface area contributed by atoms with Crippen LogP contribution in [0.4, 0.5) is 0 Å². The van der Waals surface area contributed by atoms with Crippen molar-refractivity contribution in [3.8, 4) is 0 Å². The molecule has 0 amide bonds. The van der Waals surface area contributed by atoms with E-state index in [1.807, 2.05) is 146 Å². The molecule has 18 heteroatoms. The minimum Gasteiger partial charge on any atom is -0.396 e. The van der Waals surface area contributed by atoms with Crippen molar-refractivity contribution in [2.24, 2.45) is 32.5 Å².